The van der Waals surface area contributed by atoms with Crippen molar-refractivity contribution in [2.24, 2.45) is 0 Å². The molecule has 0 aliphatic carbocycles. The summed E-state index contributed by atoms with van der Waals surface area (Å²) in [5, 5.41) is 0. The van der Waals surface area contributed by atoms with E-state index in [1.165, 1.54) is 19.6 Å². The lowest BCUT2D eigenvalue weighted by atomic mass is 9.74. The highest BCUT2D eigenvalue weighted by atomic mass is 15.4. The van der Waals surface area contributed by atoms with Crippen LogP contribution in [-0.2, 0) is 0 Å². The van der Waals surface area contributed by atoms with Crippen molar-refractivity contribution in [3.05, 3.63) is 0 Å². The zero-order chi connectivity index (χ0) is 9.85. The monoisotopic (exact) mass is 182 g/mol. The molecular weight excluding hydrogens is 160 g/mol. The minimum absolute atomic E-state index is 0.322. The molecule has 2 heteroatoms. The highest BCUT2D eigenvalue weighted by Gasteiger charge is 2.54. The quantitative estimate of drug-likeness (QED) is 0.561. The smallest absolute Gasteiger partial charge is 0.0335 e. The van der Waals surface area contributed by atoms with Gasteiger partial charge in [0.05, 0.1) is 0 Å². The van der Waals surface area contributed by atoms with Crippen LogP contribution in [0.2, 0.25) is 0 Å². The molecule has 3 saturated heterocycles. The minimum atomic E-state index is 0.322. The van der Waals surface area contributed by atoms with Crippen LogP contribution >= 0.6 is 0 Å². The first-order valence-corrected chi connectivity index (χ1v) is 5.39. The van der Waals surface area contributed by atoms with Crippen molar-refractivity contribution in [1.29, 1.82) is 0 Å². The van der Waals surface area contributed by atoms with Gasteiger partial charge in [-0.15, -0.1) is 0 Å². The molecule has 3 aliphatic heterocycles. The lowest BCUT2D eigenvalue weighted by molar-refractivity contribution is -0.154. The van der Waals surface area contributed by atoms with E-state index < -0.39 is 0 Å². The van der Waals surface area contributed by atoms with Crippen LogP contribution in [0.5, 0.6) is 0 Å². The van der Waals surface area contributed by atoms with Gasteiger partial charge in [-0.25, -0.2) is 0 Å². The van der Waals surface area contributed by atoms with Crippen LogP contribution in [0.4, 0.5) is 0 Å². The molecule has 3 unspecified atom stereocenters. The van der Waals surface area contributed by atoms with Gasteiger partial charge in [0.1, 0.15) is 0 Å². The van der Waals surface area contributed by atoms with E-state index >= 15 is 0 Å². The predicted octanol–water partition coefficient (Wildman–Crippen LogP) is 1.56. The van der Waals surface area contributed by atoms with Gasteiger partial charge in [-0.05, 0) is 34.6 Å². The van der Waals surface area contributed by atoms with Gasteiger partial charge in [-0.2, -0.15) is 0 Å². The number of hydrogen-bond acceptors (Lipinski definition) is 2. The predicted molar refractivity (Wildman–Crippen MR) is 55.9 cm³/mol. The molecule has 0 amide bonds. The first-order chi connectivity index (χ1) is 5.87. The average molecular weight is 182 g/mol. The van der Waals surface area contributed by atoms with Gasteiger partial charge in [-0.3, -0.25) is 9.80 Å². The Balaban J connectivity index is 2.37. The van der Waals surface area contributed by atoms with Gasteiger partial charge in [0.25, 0.3) is 0 Å². The maximum absolute atomic E-state index is 2.67. The third-order valence-corrected chi connectivity index (χ3v) is 4.63. The second kappa shape index (κ2) is 2.48. The number of piperazine rings is 3. The van der Waals surface area contributed by atoms with Gasteiger partial charge in [0, 0.05) is 36.8 Å². The van der Waals surface area contributed by atoms with Crippen molar-refractivity contribution in [2.45, 2.75) is 51.7 Å². The van der Waals surface area contributed by atoms with Crippen LogP contribution in [-0.4, -0.2) is 46.6 Å². The normalized spacial score (nSPS) is 46.4. The summed E-state index contributed by atoms with van der Waals surface area (Å²) in [6.07, 6.45) is 0. The molecule has 2 nitrogen and oxygen atoms in total. The van der Waals surface area contributed by atoms with Crippen LogP contribution in [0.1, 0.15) is 34.6 Å². The topological polar surface area (TPSA) is 6.48 Å². The Kier molecular flexibility index (Phi) is 1.81. The Morgan fingerprint density at radius 1 is 1.00 bits per heavy atom. The van der Waals surface area contributed by atoms with Crippen molar-refractivity contribution in [3.63, 3.8) is 0 Å². The molecule has 0 radical (unpaired) electrons. The summed E-state index contributed by atoms with van der Waals surface area (Å²) in [6, 6.07) is 0.733. The highest BCUT2D eigenvalue weighted by molar-refractivity contribution is 5.11. The van der Waals surface area contributed by atoms with Gasteiger partial charge in [0.15, 0.2) is 0 Å². The van der Waals surface area contributed by atoms with E-state index in [0.717, 1.165) is 6.04 Å². The standard InChI is InChI=1S/C11H22N2/c1-9-8-12-6-7-13(9)11(4,5)10(12,2)3/h9H,6-8H2,1-5H3. The summed E-state index contributed by atoms with van der Waals surface area (Å²) in [4.78, 5) is 5.32. The van der Waals surface area contributed by atoms with E-state index in [-0.39, 0.29) is 0 Å². The van der Waals surface area contributed by atoms with E-state index in [1.54, 1.807) is 0 Å². The SMILES string of the molecule is CC1CN2CCN1C(C)(C)C2(C)C. The fourth-order valence-corrected chi connectivity index (χ4v) is 3.03. The average Bonchev–Trinajstić information content (AvgIpc) is 2.00. The lowest BCUT2D eigenvalue weighted by Gasteiger charge is -2.65. The second-order valence-electron chi connectivity index (χ2n) is 5.61. The fraction of sp³-hybridized carbons (Fsp3) is 1.00. The van der Waals surface area contributed by atoms with Crippen LogP contribution < -0.4 is 0 Å². The zero-order valence-corrected chi connectivity index (χ0v) is 9.59. The minimum Gasteiger partial charge on any atom is -0.294 e. The van der Waals surface area contributed by atoms with E-state index in [0.29, 0.717) is 11.1 Å². The molecule has 0 aromatic heterocycles. The Morgan fingerprint density at radius 2 is 1.62 bits per heavy atom. The van der Waals surface area contributed by atoms with Crippen molar-refractivity contribution in [2.75, 3.05) is 19.6 Å². The number of rotatable bonds is 0. The van der Waals surface area contributed by atoms with E-state index in [2.05, 4.69) is 44.4 Å². The summed E-state index contributed by atoms with van der Waals surface area (Å²) < 4.78 is 0. The fourth-order valence-electron chi connectivity index (χ4n) is 3.03. The maximum atomic E-state index is 2.67. The van der Waals surface area contributed by atoms with E-state index in [9.17, 15) is 0 Å². The second-order valence-corrected chi connectivity index (χ2v) is 5.61. The van der Waals surface area contributed by atoms with E-state index in [1.807, 2.05) is 0 Å². The molecule has 0 saturated carbocycles. The molecule has 3 fully saturated rings. The van der Waals surface area contributed by atoms with Crippen molar-refractivity contribution >= 4 is 0 Å². The number of fused-ring (bicyclic) bond motifs is 3. The third-order valence-electron chi connectivity index (χ3n) is 4.63. The summed E-state index contributed by atoms with van der Waals surface area (Å²) in [7, 11) is 0. The van der Waals surface area contributed by atoms with Crippen molar-refractivity contribution in [1.82, 2.24) is 9.80 Å². The first-order valence-electron chi connectivity index (χ1n) is 5.39. The molecule has 3 rings (SSSR count). The van der Waals surface area contributed by atoms with Crippen molar-refractivity contribution in [3.8, 4) is 0 Å². The molecule has 76 valence electrons. The Morgan fingerprint density at radius 3 is 2.00 bits per heavy atom. The molecule has 3 aliphatic rings. The van der Waals surface area contributed by atoms with Crippen LogP contribution in [0.3, 0.4) is 0 Å². The zero-order valence-electron chi connectivity index (χ0n) is 9.59. The summed E-state index contributed by atoms with van der Waals surface area (Å²) in [6.45, 7) is 15.6. The summed E-state index contributed by atoms with van der Waals surface area (Å²) in [5.74, 6) is 0. The number of nitrogens with zero attached hydrogens (tertiary/aromatic N) is 2. The Labute approximate surface area is 81.9 Å². The molecule has 2 bridgehead atoms. The molecule has 13 heavy (non-hydrogen) atoms. The Bertz CT molecular complexity index is 220. The summed E-state index contributed by atoms with van der Waals surface area (Å²) >= 11 is 0. The highest BCUT2D eigenvalue weighted by Crippen LogP contribution is 2.41. The summed E-state index contributed by atoms with van der Waals surface area (Å²) in [5.41, 5.74) is 0.653. The van der Waals surface area contributed by atoms with Gasteiger partial charge < -0.3 is 0 Å². The number of hydrogen-bond donors (Lipinski definition) is 0. The Hall–Kier alpha value is -0.0800. The molecule has 0 aromatic rings. The lowest BCUT2D eigenvalue weighted by Crippen LogP contribution is -2.78. The largest absolute Gasteiger partial charge is 0.294 e. The van der Waals surface area contributed by atoms with Crippen LogP contribution in [0.15, 0.2) is 0 Å². The van der Waals surface area contributed by atoms with Gasteiger partial charge in [-0.1, -0.05) is 0 Å². The molecular formula is C11H22N2. The van der Waals surface area contributed by atoms with Gasteiger partial charge >= 0.3 is 0 Å². The van der Waals surface area contributed by atoms with E-state index in [4.69, 9.17) is 0 Å². The molecule has 3 atom stereocenters. The maximum Gasteiger partial charge on any atom is 0.0335 e. The third kappa shape index (κ3) is 1.02. The van der Waals surface area contributed by atoms with Crippen LogP contribution in [0, 0.1) is 0 Å². The van der Waals surface area contributed by atoms with Gasteiger partial charge in [0.2, 0.25) is 0 Å². The molecule has 0 N–H and O–H groups in total. The first kappa shape index (κ1) is 9.47. The van der Waals surface area contributed by atoms with Crippen LogP contribution in [0.25, 0.3) is 0 Å². The van der Waals surface area contributed by atoms with Crippen molar-refractivity contribution < 1.29 is 0 Å². The molecule has 0 aromatic carbocycles. The molecule has 0 spiro atoms. The molecule has 3 heterocycles.